The lowest BCUT2D eigenvalue weighted by Crippen LogP contribution is -2.44. The van der Waals surface area contributed by atoms with E-state index in [0.29, 0.717) is 24.2 Å². The number of hydrogen-bond acceptors (Lipinski definition) is 3. The third-order valence-corrected chi connectivity index (χ3v) is 4.55. The van der Waals surface area contributed by atoms with Gasteiger partial charge in [0.15, 0.2) is 0 Å². The molecule has 1 aliphatic heterocycles. The van der Waals surface area contributed by atoms with Gasteiger partial charge in [-0.1, -0.05) is 33.8 Å². The summed E-state index contributed by atoms with van der Waals surface area (Å²) in [6.07, 6.45) is 4.75. The largest absolute Gasteiger partial charge is 0.347 e. The van der Waals surface area contributed by atoms with Crippen LogP contribution in [0.4, 0.5) is 0 Å². The molecule has 1 aromatic heterocycles. The summed E-state index contributed by atoms with van der Waals surface area (Å²) < 4.78 is 0. The second-order valence-electron chi connectivity index (χ2n) is 7.95. The van der Waals surface area contributed by atoms with Crippen LogP contribution in [0.15, 0.2) is 24.4 Å². The van der Waals surface area contributed by atoms with Gasteiger partial charge in [0.25, 0.3) is 0 Å². The molecular formula is C20H33N3O. The number of rotatable bonds is 7. The molecule has 0 spiro atoms. The number of amides is 1. The van der Waals surface area contributed by atoms with Crippen molar-refractivity contribution in [2.75, 3.05) is 19.6 Å². The van der Waals surface area contributed by atoms with E-state index >= 15 is 0 Å². The first-order valence-corrected chi connectivity index (χ1v) is 9.38. The van der Waals surface area contributed by atoms with Crippen molar-refractivity contribution < 1.29 is 4.79 Å². The molecule has 0 unspecified atom stereocenters. The molecule has 0 radical (unpaired) electrons. The van der Waals surface area contributed by atoms with E-state index in [-0.39, 0.29) is 11.9 Å². The first-order valence-electron chi connectivity index (χ1n) is 9.38. The minimum Gasteiger partial charge on any atom is -0.347 e. The van der Waals surface area contributed by atoms with E-state index in [1.165, 1.54) is 13.0 Å². The Kier molecular flexibility index (Phi) is 7.22. The summed E-state index contributed by atoms with van der Waals surface area (Å²) in [5.41, 5.74) is 0.992. The topological polar surface area (TPSA) is 45.2 Å². The number of aromatic nitrogens is 1. The Bertz CT molecular complexity index is 501. The molecule has 4 nitrogen and oxygen atoms in total. The molecule has 0 saturated carbocycles. The molecule has 24 heavy (non-hydrogen) atoms. The van der Waals surface area contributed by atoms with E-state index in [9.17, 15) is 4.79 Å². The van der Waals surface area contributed by atoms with Crippen molar-refractivity contribution in [1.29, 1.82) is 0 Å². The van der Waals surface area contributed by atoms with Gasteiger partial charge in [-0.2, -0.15) is 0 Å². The number of hydrogen-bond donors (Lipinski definition) is 1. The summed E-state index contributed by atoms with van der Waals surface area (Å²) in [5, 5.41) is 3.28. The Balaban J connectivity index is 2.11. The number of carbonyl (C=O) groups is 1. The molecule has 0 aliphatic carbocycles. The fourth-order valence-corrected chi connectivity index (χ4v) is 3.64. The predicted molar refractivity (Wildman–Crippen MR) is 98.6 cm³/mol. The molecule has 0 bridgehead atoms. The molecule has 1 aliphatic rings. The predicted octanol–water partition coefficient (Wildman–Crippen LogP) is 3.65. The Labute approximate surface area is 147 Å². The number of nitrogens with zero attached hydrogens (tertiary/aromatic N) is 2. The Morgan fingerprint density at radius 2 is 2.08 bits per heavy atom. The van der Waals surface area contributed by atoms with Crippen molar-refractivity contribution in [1.82, 2.24) is 15.2 Å². The molecule has 1 N–H and O–H groups in total. The highest BCUT2D eigenvalue weighted by Crippen LogP contribution is 2.29. The molecule has 1 aromatic rings. The van der Waals surface area contributed by atoms with Gasteiger partial charge in [0.2, 0.25) is 5.91 Å². The number of piperidine rings is 1. The van der Waals surface area contributed by atoms with Crippen LogP contribution >= 0.6 is 0 Å². The van der Waals surface area contributed by atoms with E-state index in [1.807, 2.05) is 24.4 Å². The van der Waals surface area contributed by atoms with Crippen molar-refractivity contribution in [2.45, 2.75) is 53.0 Å². The Hall–Kier alpha value is -1.42. The number of nitrogens with one attached hydrogen (secondary N) is 1. The van der Waals surface area contributed by atoms with E-state index in [1.54, 1.807) is 0 Å². The maximum Gasteiger partial charge on any atom is 0.220 e. The summed E-state index contributed by atoms with van der Waals surface area (Å²) in [4.78, 5) is 19.5. The van der Waals surface area contributed by atoms with Crippen molar-refractivity contribution in [3.05, 3.63) is 30.1 Å². The average Bonchev–Trinajstić information content (AvgIpc) is 2.52. The maximum absolute atomic E-state index is 12.4. The summed E-state index contributed by atoms with van der Waals surface area (Å²) in [7, 11) is 0. The zero-order chi connectivity index (χ0) is 17.5. The lowest BCUT2D eigenvalue weighted by atomic mass is 9.87. The van der Waals surface area contributed by atoms with Gasteiger partial charge in [0.1, 0.15) is 0 Å². The maximum atomic E-state index is 12.4. The molecule has 1 amide bonds. The molecule has 2 atom stereocenters. The van der Waals surface area contributed by atoms with E-state index in [0.717, 1.165) is 25.2 Å². The van der Waals surface area contributed by atoms with Crippen LogP contribution in [0.25, 0.3) is 0 Å². The van der Waals surface area contributed by atoms with Gasteiger partial charge >= 0.3 is 0 Å². The summed E-state index contributed by atoms with van der Waals surface area (Å²) in [5.74, 6) is 1.62. The first-order chi connectivity index (χ1) is 11.5. The van der Waals surface area contributed by atoms with E-state index < -0.39 is 0 Å². The molecule has 0 aromatic carbocycles. The quantitative estimate of drug-likeness (QED) is 0.829. The summed E-state index contributed by atoms with van der Waals surface area (Å²) in [6.45, 7) is 12.0. The monoisotopic (exact) mass is 331 g/mol. The lowest BCUT2D eigenvalue weighted by Gasteiger charge is -2.38. The molecule has 2 heterocycles. The number of pyridine rings is 1. The van der Waals surface area contributed by atoms with Crippen LogP contribution in [-0.2, 0) is 4.79 Å². The van der Waals surface area contributed by atoms with Gasteiger partial charge < -0.3 is 10.2 Å². The normalized spacial score (nSPS) is 20.3. The van der Waals surface area contributed by atoms with Crippen LogP contribution in [0.2, 0.25) is 0 Å². The fraction of sp³-hybridized carbons (Fsp3) is 0.700. The highest BCUT2D eigenvalue weighted by molar-refractivity contribution is 5.76. The third kappa shape index (κ3) is 5.90. The SMILES string of the molecule is CC(C)CC(=O)N[C@@H](c1ccccn1)[C@@H]1CCCN(CC(C)C)C1. The minimum absolute atomic E-state index is 0.0208. The lowest BCUT2D eigenvalue weighted by molar-refractivity contribution is -0.123. The molecule has 1 fully saturated rings. The molecule has 2 rings (SSSR count). The minimum atomic E-state index is 0.0208. The zero-order valence-corrected chi connectivity index (χ0v) is 15.7. The molecule has 1 saturated heterocycles. The smallest absolute Gasteiger partial charge is 0.220 e. The molecule has 134 valence electrons. The third-order valence-electron chi connectivity index (χ3n) is 4.55. The van der Waals surface area contributed by atoms with Gasteiger partial charge in [-0.25, -0.2) is 0 Å². The fourth-order valence-electron chi connectivity index (χ4n) is 3.64. The van der Waals surface area contributed by atoms with Crippen LogP contribution in [0.5, 0.6) is 0 Å². The standard InChI is InChI=1S/C20H33N3O/c1-15(2)12-19(24)22-20(18-9-5-6-10-21-18)17-8-7-11-23(14-17)13-16(3)4/h5-6,9-10,15-17,20H,7-8,11-14H2,1-4H3,(H,22,24)/t17-,20-/m1/s1. The summed E-state index contributed by atoms with van der Waals surface area (Å²) in [6, 6.07) is 6.01. The molecular weight excluding hydrogens is 298 g/mol. The van der Waals surface area contributed by atoms with Crippen LogP contribution in [-0.4, -0.2) is 35.4 Å². The Morgan fingerprint density at radius 1 is 1.29 bits per heavy atom. The zero-order valence-electron chi connectivity index (χ0n) is 15.7. The van der Waals surface area contributed by atoms with Crippen molar-refractivity contribution in [3.63, 3.8) is 0 Å². The van der Waals surface area contributed by atoms with Gasteiger partial charge in [-0.3, -0.25) is 9.78 Å². The average molecular weight is 332 g/mol. The summed E-state index contributed by atoms with van der Waals surface area (Å²) >= 11 is 0. The number of likely N-dealkylation sites (tertiary alicyclic amines) is 1. The van der Waals surface area contributed by atoms with Crippen LogP contribution in [0.3, 0.4) is 0 Å². The second-order valence-corrected chi connectivity index (χ2v) is 7.95. The van der Waals surface area contributed by atoms with Gasteiger partial charge in [0.05, 0.1) is 11.7 Å². The van der Waals surface area contributed by atoms with Gasteiger partial charge in [-0.05, 0) is 49.3 Å². The second kappa shape index (κ2) is 9.16. The number of carbonyl (C=O) groups excluding carboxylic acids is 1. The van der Waals surface area contributed by atoms with Crippen LogP contribution in [0.1, 0.15) is 58.7 Å². The highest BCUT2D eigenvalue weighted by atomic mass is 16.1. The highest BCUT2D eigenvalue weighted by Gasteiger charge is 2.30. The van der Waals surface area contributed by atoms with Crippen molar-refractivity contribution in [3.8, 4) is 0 Å². The van der Waals surface area contributed by atoms with E-state index in [4.69, 9.17) is 0 Å². The van der Waals surface area contributed by atoms with Crippen molar-refractivity contribution >= 4 is 5.91 Å². The van der Waals surface area contributed by atoms with Gasteiger partial charge in [-0.15, -0.1) is 0 Å². The van der Waals surface area contributed by atoms with Crippen LogP contribution in [0, 0.1) is 17.8 Å². The van der Waals surface area contributed by atoms with Gasteiger partial charge in [0, 0.05) is 25.7 Å². The first kappa shape index (κ1) is 18.9. The van der Waals surface area contributed by atoms with E-state index in [2.05, 4.69) is 42.9 Å². The molecule has 4 heteroatoms. The van der Waals surface area contributed by atoms with Crippen LogP contribution < -0.4 is 5.32 Å². The Morgan fingerprint density at radius 3 is 2.71 bits per heavy atom. The van der Waals surface area contributed by atoms with Crippen molar-refractivity contribution in [2.24, 2.45) is 17.8 Å².